The highest BCUT2D eigenvalue weighted by Crippen LogP contribution is 2.43. The number of ketones is 1. The molecule has 0 bridgehead atoms. The van der Waals surface area contributed by atoms with E-state index in [2.05, 4.69) is 12.1 Å². The standard InChI is InChI=1S/C18H16O2/c1-12(19)17-13(2)20-16-11-7-6-10-15(16)18(17)14-8-4-3-5-9-14/h3-11,18H,1-2H3/t18-/m1/s1. The molecule has 0 saturated heterocycles. The zero-order valence-electron chi connectivity index (χ0n) is 11.6. The Balaban J connectivity index is 2.24. The van der Waals surface area contributed by atoms with Crippen LogP contribution in [-0.2, 0) is 4.79 Å². The quantitative estimate of drug-likeness (QED) is 0.817. The summed E-state index contributed by atoms with van der Waals surface area (Å²) in [6, 6.07) is 18.0. The maximum absolute atomic E-state index is 12.1. The van der Waals surface area contributed by atoms with Crippen LogP contribution in [0, 0.1) is 0 Å². The fraction of sp³-hybridized carbons (Fsp3) is 0.167. The third-order valence-electron chi connectivity index (χ3n) is 3.67. The summed E-state index contributed by atoms with van der Waals surface area (Å²) in [5, 5.41) is 0. The van der Waals surface area contributed by atoms with Crippen molar-refractivity contribution in [3.05, 3.63) is 77.1 Å². The van der Waals surface area contributed by atoms with Gasteiger partial charge in [0.2, 0.25) is 0 Å². The SMILES string of the molecule is CC(=O)C1=C(C)Oc2ccccc2[C@H]1c1ccccc1. The van der Waals surface area contributed by atoms with E-state index in [9.17, 15) is 4.79 Å². The van der Waals surface area contributed by atoms with Crippen molar-refractivity contribution in [3.63, 3.8) is 0 Å². The molecule has 2 aromatic carbocycles. The molecular formula is C18H16O2. The highest BCUT2D eigenvalue weighted by Gasteiger charge is 2.31. The maximum atomic E-state index is 12.1. The first-order valence-electron chi connectivity index (χ1n) is 6.72. The molecule has 0 unspecified atom stereocenters. The topological polar surface area (TPSA) is 26.3 Å². The first-order chi connectivity index (χ1) is 9.68. The number of carbonyl (C=O) groups excluding carboxylic acids is 1. The van der Waals surface area contributed by atoms with E-state index in [0.717, 1.165) is 22.4 Å². The molecule has 1 aliphatic heterocycles. The van der Waals surface area contributed by atoms with Gasteiger partial charge in [-0.05, 0) is 25.5 Å². The summed E-state index contributed by atoms with van der Waals surface area (Å²) in [7, 11) is 0. The number of para-hydroxylation sites is 1. The van der Waals surface area contributed by atoms with Crippen molar-refractivity contribution < 1.29 is 9.53 Å². The first-order valence-corrected chi connectivity index (χ1v) is 6.72. The number of rotatable bonds is 2. The lowest BCUT2D eigenvalue weighted by molar-refractivity contribution is -0.114. The first kappa shape index (κ1) is 12.7. The number of Topliss-reactive ketones (excluding diaryl/α,β-unsaturated/α-hetero) is 1. The lowest BCUT2D eigenvalue weighted by atomic mass is 9.81. The second kappa shape index (κ2) is 4.97. The van der Waals surface area contributed by atoms with E-state index in [-0.39, 0.29) is 11.7 Å². The molecule has 0 saturated carbocycles. The summed E-state index contributed by atoms with van der Waals surface area (Å²) in [5.74, 6) is 1.55. The molecule has 1 atom stereocenters. The van der Waals surface area contributed by atoms with Crippen molar-refractivity contribution in [2.24, 2.45) is 0 Å². The third kappa shape index (κ3) is 2.03. The highest BCUT2D eigenvalue weighted by atomic mass is 16.5. The average Bonchev–Trinajstić information content (AvgIpc) is 2.46. The Kier molecular flexibility index (Phi) is 3.15. The van der Waals surface area contributed by atoms with Crippen LogP contribution in [0.1, 0.15) is 30.9 Å². The summed E-state index contributed by atoms with van der Waals surface area (Å²) in [6.07, 6.45) is 0. The van der Waals surface area contributed by atoms with Crippen LogP contribution in [0.4, 0.5) is 0 Å². The van der Waals surface area contributed by atoms with Gasteiger partial charge in [0.25, 0.3) is 0 Å². The van der Waals surface area contributed by atoms with E-state index in [4.69, 9.17) is 4.74 Å². The molecule has 0 fully saturated rings. The second-order valence-corrected chi connectivity index (χ2v) is 5.01. The Morgan fingerprint density at radius 2 is 1.65 bits per heavy atom. The Labute approximate surface area is 118 Å². The van der Waals surface area contributed by atoms with Gasteiger partial charge in [0.15, 0.2) is 5.78 Å². The summed E-state index contributed by atoms with van der Waals surface area (Å²) in [4.78, 5) is 12.1. The van der Waals surface area contributed by atoms with Gasteiger partial charge < -0.3 is 4.74 Å². The van der Waals surface area contributed by atoms with Gasteiger partial charge in [-0.2, -0.15) is 0 Å². The molecule has 100 valence electrons. The van der Waals surface area contributed by atoms with Crippen molar-refractivity contribution in [3.8, 4) is 5.75 Å². The number of allylic oxidation sites excluding steroid dienone is 2. The van der Waals surface area contributed by atoms with Crippen LogP contribution in [0.5, 0.6) is 5.75 Å². The third-order valence-corrected chi connectivity index (χ3v) is 3.67. The minimum Gasteiger partial charge on any atom is -0.461 e. The van der Waals surface area contributed by atoms with Crippen molar-refractivity contribution in [1.29, 1.82) is 0 Å². The van der Waals surface area contributed by atoms with Gasteiger partial charge in [-0.3, -0.25) is 4.79 Å². The molecule has 20 heavy (non-hydrogen) atoms. The number of hydrogen-bond donors (Lipinski definition) is 0. The normalized spacial score (nSPS) is 17.4. The molecule has 0 aromatic heterocycles. The van der Waals surface area contributed by atoms with Crippen LogP contribution in [0.15, 0.2) is 65.9 Å². The predicted octanol–water partition coefficient (Wildman–Crippen LogP) is 4.07. The minimum absolute atomic E-state index is 0.0429. The maximum Gasteiger partial charge on any atom is 0.160 e. The van der Waals surface area contributed by atoms with E-state index >= 15 is 0 Å². The average molecular weight is 264 g/mol. The number of hydrogen-bond acceptors (Lipinski definition) is 2. The molecule has 0 N–H and O–H groups in total. The monoisotopic (exact) mass is 264 g/mol. The summed E-state index contributed by atoms with van der Waals surface area (Å²) in [6.45, 7) is 3.47. The fourth-order valence-corrected chi connectivity index (χ4v) is 2.83. The number of fused-ring (bicyclic) bond motifs is 1. The van der Waals surface area contributed by atoms with E-state index in [1.807, 2.05) is 49.4 Å². The summed E-state index contributed by atoms with van der Waals surface area (Å²) in [5.41, 5.74) is 2.91. The van der Waals surface area contributed by atoms with Crippen LogP contribution in [0.3, 0.4) is 0 Å². The number of ether oxygens (including phenoxy) is 1. The Morgan fingerprint density at radius 1 is 1.00 bits per heavy atom. The van der Waals surface area contributed by atoms with Gasteiger partial charge >= 0.3 is 0 Å². The number of benzene rings is 2. The lowest BCUT2D eigenvalue weighted by Crippen LogP contribution is -2.20. The van der Waals surface area contributed by atoms with Gasteiger partial charge in [-0.1, -0.05) is 48.5 Å². The van der Waals surface area contributed by atoms with Crippen LogP contribution in [-0.4, -0.2) is 5.78 Å². The zero-order chi connectivity index (χ0) is 14.1. The van der Waals surface area contributed by atoms with Gasteiger partial charge in [0, 0.05) is 17.1 Å². The summed E-state index contributed by atoms with van der Waals surface area (Å²) >= 11 is 0. The largest absolute Gasteiger partial charge is 0.461 e. The van der Waals surface area contributed by atoms with E-state index in [1.165, 1.54) is 0 Å². The van der Waals surface area contributed by atoms with E-state index in [0.29, 0.717) is 5.76 Å². The van der Waals surface area contributed by atoms with Gasteiger partial charge in [0.1, 0.15) is 11.5 Å². The summed E-state index contributed by atoms with van der Waals surface area (Å²) < 4.78 is 5.82. The van der Waals surface area contributed by atoms with Gasteiger partial charge in [0.05, 0.1) is 0 Å². The van der Waals surface area contributed by atoms with E-state index < -0.39 is 0 Å². The van der Waals surface area contributed by atoms with E-state index in [1.54, 1.807) is 6.92 Å². The van der Waals surface area contributed by atoms with Crippen LogP contribution in [0.2, 0.25) is 0 Å². The smallest absolute Gasteiger partial charge is 0.160 e. The molecule has 0 amide bonds. The van der Waals surface area contributed by atoms with Crippen LogP contribution in [0.25, 0.3) is 0 Å². The minimum atomic E-state index is -0.0429. The highest BCUT2D eigenvalue weighted by molar-refractivity contribution is 5.96. The Hall–Kier alpha value is -2.35. The van der Waals surface area contributed by atoms with Crippen molar-refractivity contribution in [1.82, 2.24) is 0 Å². The molecule has 2 heteroatoms. The van der Waals surface area contributed by atoms with Crippen molar-refractivity contribution in [2.75, 3.05) is 0 Å². The molecule has 2 aromatic rings. The second-order valence-electron chi connectivity index (χ2n) is 5.01. The molecule has 1 aliphatic rings. The fourth-order valence-electron chi connectivity index (χ4n) is 2.83. The van der Waals surface area contributed by atoms with Gasteiger partial charge in [-0.15, -0.1) is 0 Å². The molecule has 1 heterocycles. The molecule has 0 radical (unpaired) electrons. The molecular weight excluding hydrogens is 248 g/mol. The van der Waals surface area contributed by atoms with Gasteiger partial charge in [-0.25, -0.2) is 0 Å². The van der Waals surface area contributed by atoms with Crippen molar-refractivity contribution in [2.45, 2.75) is 19.8 Å². The molecule has 0 spiro atoms. The van der Waals surface area contributed by atoms with Crippen molar-refractivity contribution >= 4 is 5.78 Å². The van der Waals surface area contributed by atoms with Crippen LogP contribution >= 0.6 is 0 Å². The molecule has 0 aliphatic carbocycles. The van der Waals surface area contributed by atoms with Crippen LogP contribution < -0.4 is 4.74 Å². The zero-order valence-corrected chi connectivity index (χ0v) is 11.6. The lowest BCUT2D eigenvalue weighted by Gasteiger charge is -2.28. The number of carbonyl (C=O) groups is 1. The predicted molar refractivity (Wildman–Crippen MR) is 78.7 cm³/mol. The Bertz CT molecular complexity index is 684. The Morgan fingerprint density at radius 3 is 2.35 bits per heavy atom. The molecule has 2 nitrogen and oxygen atoms in total. The molecule has 3 rings (SSSR count).